The lowest BCUT2D eigenvalue weighted by Gasteiger charge is -2.15. The summed E-state index contributed by atoms with van der Waals surface area (Å²) >= 11 is 4.99. The predicted octanol–water partition coefficient (Wildman–Crippen LogP) is 1.93. The first-order valence-electron chi connectivity index (χ1n) is 8.16. The number of methoxy groups -OCH3 is 3. The van der Waals surface area contributed by atoms with Crippen molar-refractivity contribution in [3.63, 3.8) is 0 Å². The molecular weight excluding hydrogens is 358 g/mol. The van der Waals surface area contributed by atoms with E-state index in [1.165, 1.54) is 33.5 Å². The number of amides is 2. The van der Waals surface area contributed by atoms with Crippen molar-refractivity contribution >= 4 is 29.1 Å². The number of hydrazine groups is 1. The number of nitrogens with one attached hydrogen (secondary N) is 3. The number of benzene rings is 1. The Balaban J connectivity index is 2.65. The molecule has 0 saturated heterocycles. The van der Waals surface area contributed by atoms with E-state index in [2.05, 4.69) is 23.1 Å². The van der Waals surface area contributed by atoms with Crippen LogP contribution in [0.2, 0.25) is 0 Å². The van der Waals surface area contributed by atoms with Gasteiger partial charge in [-0.1, -0.05) is 19.8 Å². The molecule has 0 spiro atoms. The van der Waals surface area contributed by atoms with Crippen LogP contribution in [0.1, 0.15) is 43.0 Å². The van der Waals surface area contributed by atoms with Gasteiger partial charge < -0.3 is 19.5 Å². The van der Waals surface area contributed by atoms with Gasteiger partial charge in [0, 0.05) is 12.0 Å². The highest BCUT2D eigenvalue weighted by molar-refractivity contribution is 7.80. The average molecular weight is 383 g/mol. The normalized spacial score (nSPS) is 9.85. The van der Waals surface area contributed by atoms with Crippen molar-refractivity contribution < 1.29 is 23.8 Å². The Bertz CT molecular complexity index is 626. The van der Waals surface area contributed by atoms with E-state index < -0.39 is 5.91 Å². The Morgan fingerprint density at radius 2 is 1.62 bits per heavy atom. The maximum absolute atomic E-state index is 12.3. The second-order valence-electron chi connectivity index (χ2n) is 5.33. The van der Waals surface area contributed by atoms with Gasteiger partial charge in [-0.15, -0.1) is 0 Å². The molecule has 2 amide bonds. The Kier molecular flexibility index (Phi) is 9.21. The zero-order valence-corrected chi connectivity index (χ0v) is 16.2. The van der Waals surface area contributed by atoms with E-state index in [1.54, 1.807) is 0 Å². The minimum Gasteiger partial charge on any atom is -0.493 e. The highest BCUT2D eigenvalue weighted by Crippen LogP contribution is 2.38. The molecule has 0 aliphatic rings. The van der Waals surface area contributed by atoms with Crippen LogP contribution in [0.3, 0.4) is 0 Å². The van der Waals surface area contributed by atoms with E-state index in [-0.39, 0.29) is 16.6 Å². The number of hydrogen-bond donors (Lipinski definition) is 3. The molecule has 0 aliphatic heterocycles. The number of hydrogen-bond acceptors (Lipinski definition) is 6. The summed E-state index contributed by atoms with van der Waals surface area (Å²) in [6.07, 6.45) is 3.19. The largest absolute Gasteiger partial charge is 0.493 e. The number of ether oxygens (including phenoxy) is 3. The molecule has 0 radical (unpaired) electrons. The predicted molar refractivity (Wildman–Crippen MR) is 102 cm³/mol. The van der Waals surface area contributed by atoms with E-state index in [0.717, 1.165) is 19.3 Å². The second-order valence-corrected chi connectivity index (χ2v) is 5.74. The summed E-state index contributed by atoms with van der Waals surface area (Å²) in [5, 5.41) is 2.53. The van der Waals surface area contributed by atoms with Crippen molar-refractivity contribution in [1.82, 2.24) is 16.2 Å². The molecule has 8 nitrogen and oxygen atoms in total. The average Bonchev–Trinajstić information content (AvgIpc) is 2.64. The molecule has 0 bridgehead atoms. The molecule has 1 rings (SSSR count). The van der Waals surface area contributed by atoms with Crippen LogP contribution in [0.25, 0.3) is 0 Å². The molecule has 144 valence electrons. The summed E-state index contributed by atoms with van der Waals surface area (Å²) in [5.74, 6) is 0.409. The summed E-state index contributed by atoms with van der Waals surface area (Å²) in [7, 11) is 4.39. The molecule has 1 aromatic rings. The van der Waals surface area contributed by atoms with Crippen LogP contribution >= 0.6 is 12.2 Å². The fraction of sp³-hybridized carbons (Fsp3) is 0.471. The third-order valence-corrected chi connectivity index (χ3v) is 3.68. The van der Waals surface area contributed by atoms with Crippen LogP contribution < -0.4 is 30.4 Å². The fourth-order valence-electron chi connectivity index (χ4n) is 2.15. The Morgan fingerprint density at radius 1 is 1.00 bits per heavy atom. The smallest absolute Gasteiger partial charge is 0.269 e. The van der Waals surface area contributed by atoms with Gasteiger partial charge in [0.25, 0.3) is 5.91 Å². The Labute approximate surface area is 158 Å². The van der Waals surface area contributed by atoms with E-state index in [1.807, 2.05) is 0 Å². The molecule has 0 fully saturated rings. The second kappa shape index (κ2) is 11.1. The standard InChI is InChI=1S/C17H25N3O5S/c1-5-6-7-8-14(21)18-17(26)20-19-16(22)11-9-12(23-2)15(25-4)13(10-11)24-3/h9-10H,5-8H2,1-4H3,(H,19,22)(H2,18,20,21,26). The zero-order chi connectivity index (χ0) is 19.5. The van der Waals surface area contributed by atoms with Crippen LogP contribution in [0.4, 0.5) is 0 Å². The third-order valence-electron chi connectivity index (χ3n) is 3.48. The number of carbonyl (C=O) groups is 2. The lowest BCUT2D eigenvalue weighted by molar-refractivity contribution is -0.119. The molecule has 3 N–H and O–H groups in total. The van der Waals surface area contributed by atoms with E-state index in [9.17, 15) is 9.59 Å². The van der Waals surface area contributed by atoms with Gasteiger partial charge in [0.05, 0.1) is 21.3 Å². The van der Waals surface area contributed by atoms with Crippen LogP contribution in [0.15, 0.2) is 12.1 Å². The maximum Gasteiger partial charge on any atom is 0.269 e. The minimum atomic E-state index is -0.480. The maximum atomic E-state index is 12.3. The number of unbranched alkanes of at least 4 members (excludes halogenated alkanes) is 2. The van der Waals surface area contributed by atoms with Gasteiger partial charge in [-0.25, -0.2) is 0 Å². The van der Waals surface area contributed by atoms with E-state index >= 15 is 0 Å². The molecule has 0 saturated carbocycles. The van der Waals surface area contributed by atoms with Crippen molar-refractivity contribution in [2.24, 2.45) is 0 Å². The fourth-order valence-corrected chi connectivity index (χ4v) is 2.32. The zero-order valence-electron chi connectivity index (χ0n) is 15.4. The van der Waals surface area contributed by atoms with Gasteiger partial charge in [-0.05, 0) is 30.8 Å². The van der Waals surface area contributed by atoms with Gasteiger partial charge in [0.2, 0.25) is 11.7 Å². The first kappa shape index (κ1) is 21.5. The number of thiocarbonyl (C=S) groups is 1. The summed E-state index contributed by atoms with van der Waals surface area (Å²) in [5.41, 5.74) is 5.18. The lowest BCUT2D eigenvalue weighted by Crippen LogP contribution is -2.48. The summed E-state index contributed by atoms with van der Waals surface area (Å²) in [4.78, 5) is 24.0. The van der Waals surface area contributed by atoms with Crippen molar-refractivity contribution in [2.75, 3.05) is 21.3 Å². The molecule has 0 aromatic heterocycles. The highest BCUT2D eigenvalue weighted by atomic mass is 32.1. The molecule has 26 heavy (non-hydrogen) atoms. The topological polar surface area (TPSA) is 97.9 Å². The summed E-state index contributed by atoms with van der Waals surface area (Å²) < 4.78 is 15.6. The van der Waals surface area contributed by atoms with Crippen LogP contribution in [0, 0.1) is 0 Å². The molecule has 1 aromatic carbocycles. The first-order chi connectivity index (χ1) is 12.5. The van der Waals surface area contributed by atoms with Crippen molar-refractivity contribution in [3.8, 4) is 17.2 Å². The highest BCUT2D eigenvalue weighted by Gasteiger charge is 2.17. The van der Waals surface area contributed by atoms with Crippen LogP contribution in [0.5, 0.6) is 17.2 Å². The Morgan fingerprint density at radius 3 is 2.12 bits per heavy atom. The van der Waals surface area contributed by atoms with Gasteiger partial charge in [0.1, 0.15) is 0 Å². The quantitative estimate of drug-likeness (QED) is 0.358. The summed E-state index contributed by atoms with van der Waals surface area (Å²) in [6.45, 7) is 2.06. The van der Waals surface area contributed by atoms with Gasteiger partial charge in [-0.3, -0.25) is 20.4 Å². The summed E-state index contributed by atoms with van der Waals surface area (Å²) in [6, 6.07) is 3.01. The lowest BCUT2D eigenvalue weighted by atomic mass is 10.1. The molecule has 0 unspecified atom stereocenters. The molecular formula is C17H25N3O5S. The van der Waals surface area contributed by atoms with Gasteiger partial charge in [0.15, 0.2) is 16.6 Å². The number of carbonyl (C=O) groups excluding carboxylic acids is 2. The van der Waals surface area contributed by atoms with Gasteiger partial charge in [-0.2, -0.15) is 0 Å². The van der Waals surface area contributed by atoms with E-state index in [0.29, 0.717) is 23.7 Å². The van der Waals surface area contributed by atoms with Crippen molar-refractivity contribution in [1.29, 1.82) is 0 Å². The molecule has 0 heterocycles. The molecule has 0 aliphatic carbocycles. The monoisotopic (exact) mass is 383 g/mol. The van der Waals surface area contributed by atoms with Crippen molar-refractivity contribution in [3.05, 3.63) is 17.7 Å². The van der Waals surface area contributed by atoms with Gasteiger partial charge >= 0.3 is 0 Å². The Hall–Kier alpha value is -2.55. The minimum absolute atomic E-state index is 0.0206. The van der Waals surface area contributed by atoms with Crippen molar-refractivity contribution in [2.45, 2.75) is 32.6 Å². The van der Waals surface area contributed by atoms with E-state index in [4.69, 9.17) is 26.4 Å². The number of rotatable bonds is 8. The van der Waals surface area contributed by atoms with Crippen LogP contribution in [-0.2, 0) is 4.79 Å². The molecule has 0 atom stereocenters. The SMILES string of the molecule is CCCCCC(=O)NC(=S)NNC(=O)c1cc(OC)c(OC)c(OC)c1. The third kappa shape index (κ3) is 6.40. The molecule has 9 heteroatoms. The first-order valence-corrected chi connectivity index (χ1v) is 8.57. The van der Waals surface area contributed by atoms with Crippen LogP contribution in [-0.4, -0.2) is 38.3 Å².